The molecule has 0 spiro atoms. The first-order chi connectivity index (χ1) is 7.79. The molecule has 16 heavy (non-hydrogen) atoms. The molecule has 0 amide bonds. The van der Waals surface area contributed by atoms with Crippen LogP contribution >= 0.6 is 23.4 Å². The Labute approximate surface area is 105 Å². The van der Waals surface area contributed by atoms with Crippen molar-refractivity contribution in [1.29, 1.82) is 0 Å². The third kappa shape index (κ3) is 2.79. The molecule has 0 aliphatic heterocycles. The maximum absolute atomic E-state index is 6.18. The third-order valence-electron chi connectivity index (χ3n) is 2.20. The molecule has 0 atom stereocenters. The zero-order valence-electron chi connectivity index (χ0n) is 8.69. The van der Waals surface area contributed by atoms with Gasteiger partial charge < -0.3 is 5.73 Å². The van der Waals surface area contributed by atoms with Crippen molar-refractivity contribution < 1.29 is 0 Å². The summed E-state index contributed by atoms with van der Waals surface area (Å²) >= 11 is 7.84. The van der Waals surface area contributed by atoms with Crippen molar-refractivity contribution in [1.82, 2.24) is 0 Å². The van der Waals surface area contributed by atoms with E-state index in [9.17, 15) is 0 Å². The molecule has 82 valence electrons. The summed E-state index contributed by atoms with van der Waals surface area (Å²) in [5, 5.41) is 0.761. The van der Waals surface area contributed by atoms with Crippen LogP contribution < -0.4 is 5.73 Å². The van der Waals surface area contributed by atoms with Crippen molar-refractivity contribution in [2.24, 2.45) is 5.73 Å². The molecule has 2 aromatic carbocycles. The second kappa shape index (κ2) is 5.39. The van der Waals surface area contributed by atoms with E-state index in [1.54, 1.807) is 11.8 Å². The summed E-state index contributed by atoms with van der Waals surface area (Å²) < 4.78 is 0. The van der Waals surface area contributed by atoms with Crippen LogP contribution in [0, 0.1) is 0 Å². The van der Waals surface area contributed by atoms with E-state index in [0.29, 0.717) is 6.54 Å². The van der Waals surface area contributed by atoms with Gasteiger partial charge in [-0.3, -0.25) is 0 Å². The van der Waals surface area contributed by atoms with Crippen molar-refractivity contribution in [3.63, 3.8) is 0 Å². The van der Waals surface area contributed by atoms with Crippen molar-refractivity contribution in [3.05, 3.63) is 59.1 Å². The van der Waals surface area contributed by atoms with Crippen molar-refractivity contribution >= 4 is 23.4 Å². The van der Waals surface area contributed by atoms with Crippen LogP contribution in [0.3, 0.4) is 0 Å². The van der Waals surface area contributed by atoms with Gasteiger partial charge in [0.25, 0.3) is 0 Å². The third-order valence-corrected chi connectivity index (χ3v) is 3.71. The van der Waals surface area contributed by atoms with Gasteiger partial charge in [0.2, 0.25) is 0 Å². The Morgan fingerprint density at radius 2 is 1.81 bits per heavy atom. The lowest BCUT2D eigenvalue weighted by atomic mass is 10.2. The first kappa shape index (κ1) is 11.5. The average Bonchev–Trinajstić information content (AvgIpc) is 2.33. The molecule has 3 heteroatoms. The van der Waals surface area contributed by atoms with E-state index in [2.05, 4.69) is 12.1 Å². The minimum atomic E-state index is 0.524. The lowest BCUT2D eigenvalue weighted by molar-refractivity contribution is 1.07. The molecule has 1 nitrogen and oxygen atoms in total. The molecule has 2 rings (SSSR count). The minimum Gasteiger partial charge on any atom is -0.326 e. The van der Waals surface area contributed by atoms with Crippen LogP contribution in [0.5, 0.6) is 0 Å². The quantitative estimate of drug-likeness (QED) is 0.892. The summed E-state index contributed by atoms with van der Waals surface area (Å²) in [5.41, 5.74) is 6.61. The average molecular weight is 250 g/mol. The number of nitrogens with two attached hydrogens (primary N) is 1. The van der Waals surface area contributed by atoms with Gasteiger partial charge in [0.05, 0.1) is 5.02 Å². The summed E-state index contributed by atoms with van der Waals surface area (Å²) in [5.74, 6) is 0. The van der Waals surface area contributed by atoms with Gasteiger partial charge in [0, 0.05) is 16.3 Å². The van der Waals surface area contributed by atoms with Crippen LogP contribution in [0.1, 0.15) is 5.56 Å². The molecule has 0 unspecified atom stereocenters. The fraction of sp³-hybridized carbons (Fsp3) is 0.0769. The number of hydrogen-bond donors (Lipinski definition) is 1. The highest BCUT2D eigenvalue weighted by atomic mass is 35.5. The minimum absolute atomic E-state index is 0.524. The van der Waals surface area contributed by atoms with Gasteiger partial charge in [-0.1, -0.05) is 47.6 Å². The predicted octanol–water partition coefficient (Wildman–Crippen LogP) is 3.95. The maximum atomic E-state index is 6.18. The SMILES string of the molecule is NCc1ccc(Sc2ccccc2)c(Cl)c1. The van der Waals surface area contributed by atoms with E-state index < -0.39 is 0 Å². The van der Waals surface area contributed by atoms with Crippen molar-refractivity contribution in [2.45, 2.75) is 16.3 Å². The number of halogens is 1. The summed E-state index contributed by atoms with van der Waals surface area (Å²) in [6.07, 6.45) is 0. The second-order valence-electron chi connectivity index (χ2n) is 3.38. The molecule has 0 saturated carbocycles. The lowest BCUT2D eigenvalue weighted by Crippen LogP contribution is -1.95. The Morgan fingerprint density at radius 1 is 1.06 bits per heavy atom. The van der Waals surface area contributed by atoms with Crippen LogP contribution in [0.4, 0.5) is 0 Å². The van der Waals surface area contributed by atoms with Gasteiger partial charge in [-0.25, -0.2) is 0 Å². The van der Waals surface area contributed by atoms with Crippen LogP contribution in [0.2, 0.25) is 5.02 Å². The molecule has 0 heterocycles. The maximum Gasteiger partial charge on any atom is 0.0548 e. The Hall–Kier alpha value is -0.960. The van der Waals surface area contributed by atoms with Crippen molar-refractivity contribution in [2.75, 3.05) is 0 Å². The van der Waals surface area contributed by atoms with E-state index in [1.807, 2.05) is 36.4 Å². The van der Waals surface area contributed by atoms with Crippen molar-refractivity contribution in [3.8, 4) is 0 Å². The highest BCUT2D eigenvalue weighted by Crippen LogP contribution is 2.33. The molecule has 0 saturated heterocycles. The van der Waals surface area contributed by atoms with Crippen LogP contribution in [0.15, 0.2) is 58.3 Å². The summed E-state index contributed by atoms with van der Waals surface area (Å²) in [7, 11) is 0. The van der Waals surface area contributed by atoms with Gasteiger partial charge in [-0.2, -0.15) is 0 Å². The monoisotopic (exact) mass is 249 g/mol. The molecule has 0 aliphatic carbocycles. The predicted molar refractivity (Wildman–Crippen MR) is 69.9 cm³/mol. The number of rotatable bonds is 3. The Kier molecular flexibility index (Phi) is 3.88. The molecular formula is C13H12ClNS. The zero-order valence-corrected chi connectivity index (χ0v) is 10.3. The van der Waals surface area contributed by atoms with E-state index in [0.717, 1.165) is 15.5 Å². The first-order valence-electron chi connectivity index (χ1n) is 5.01. The molecule has 2 N–H and O–H groups in total. The lowest BCUT2D eigenvalue weighted by Gasteiger charge is -2.05. The van der Waals surface area contributed by atoms with E-state index in [4.69, 9.17) is 17.3 Å². The summed E-state index contributed by atoms with van der Waals surface area (Å²) in [4.78, 5) is 2.25. The topological polar surface area (TPSA) is 26.0 Å². The fourth-order valence-electron chi connectivity index (χ4n) is 1.37. The number of hydrogen-bond acceptors (Lipinski definition) is 2. The smallest absolute Gasteiger partial charge is 0.0548 e. The number of benzene rings is 2. The van der Waals surface area contributed by atoms with Crippen LogP contribution in [-0.2, 0) is 6.54 Å². The van der Waals surface area contributed by atoms with Crippen LogP contribution in [0.25, 0.3) is 0 Å². The van der Waals surface area contributed by atoms with Gasteiger partial charge >= 0.3 is 0 Å². The Morgan fingerprint density at radius 3 is 2.44 bits per heavy atom. The van der Waals surface area contributed by atoms with Gasteiger partial charge in [0.15, 0.2) is 0 Å². The molecule has 0 radical (unpaired) electrons. The highest BCUT2D eigenvalue weighted by molar-refractivity contribution is 7.99. The molecule has 0 bridgehead atoms. The molecule has 0 aliphatic rings. The van der Waals surface area contributed by atoms with Crippen LogP contribution in [-0.4, -0.2) is 0 Å². The molecular weight excluding hydrogens is 238 g/mol. The summed E-state index contributed by atoms with van der Waals surface area (Å²) in [6.45, 7) is 0.524. The summed E-state index contributed by atoms with van der Waals surface area (Å²) in [6, 6.07) is 16.1. The van der Waals surface area contributed by atoms with E-state index in [1.165, 1.54) is 4.90 Å². The second-order valence-corrected chi connectivity index (χ2v) is 4.91. The van der Waals surface area contributed by atoms with Gasteiger partial charge in [-0.15, -0.1) is 0 Å². The first-order valence-corrected chi connectivity index (χ1v) is 6.20. The Balaban J connectivity index is 2.22. The Bertz CT molecular complexity index is 471. The van der Waals surface area contributed by atoms with E-state index >= 15 is 0 Å². The van der Waals surface area contributed by atoms with E-state index in [-0.39, 0.29) is 0 Å². The molecule has 0 fully saturated rings. The highest BCUT2D eigenvalue weighted by Gasteiger charge is 2.03. The van der Waals surface area contributed by atoms with Gasteiger partial charge in [0.1, 0.15) is 0 Å². The van der Waals surface area contributed by atoms with Gasteiger partial charge in [-0.05, 0) is 29.8 Å². The molecule has 2 aromatic rings. The normalized spacial score (nSPS) is 10.4. The standard InChI is InChI=1S/C13H12ClNS/c14-12-8-10(9-15)6-7-13(12)16-11-4-2-1-3-5-11/h1-8H,9,15H2. The molecule has 0 aromatic heterocycles. The fourth-order valence-corrected chi connectivity index (χ4v) is 2.53. The largest absolute Gasteiger partial charge is 0.326 e. The zero-order chi connectivity index (χ0) is 11.4.